The Kier molecular flexibility index (Phi) is 8.98. The van der Waals surface area contributed by atoms with E-state index in [4.69, 9.17) is 29.9 Å². The van der Waals surface area contributed by atoms with Crippen molar-refractivity contribution in [3.63, 3.8) is 0 Å². The molecule has 1 aliphatic rings. The van der Waals surface area contributed by atoms with Crippen molar-refractivity contribution in [1.29, 1.82) is 0 Å². The molecule has 1 amide bonds. The van der Waals surface area contributed by atoms with Crippen LogP contribution in [0.1, 0.15) is 34.1 Å². The predicted molar refractivity (Wildman–Crippen MR) is 153 cm³/mol. The van der Waals surface area contributed by atoms with Crippen LogP contribution in [0.25, 0.3) is 22.3 Å². The number of aliphatic imine (C=N–C) groups is 1. The van der Waals surface area contributed by atoms with E-state index in [1.165, 1.54) is 6.20 Å². The van der Waals surface area contributed by atoms with E-state index in [1.54, 1.807) is 12.3 Å². The van der Waals surface area contributed by atoms with Crippen LogP contribution in [0.4, 0.5) is 5.82 Å². The normalized spacial score (nSPS) is 16.0. The Labute approximate surface area is 228 Å². The van der Waals surface area contributed by atoms with Crippen LogP contribution in [0.2, 0.25) is 0 Å². The Bertz CT molecular complexity index is 1360. The molecule has 10 heteroatoms. The van der Waals surface area contributed by atoms with Crippen LogP contribution in [0.5, 0.6) is 11.5 Å². The van der Waals surface area contributed by atoms with Crippen molar-refractivity contribution in [2.75, 3.05) is 31.7 Å². The largest absolute Gasteiger partial charge is 0.494 e. The predicted octanol–water partition coefficient (Wildman–Crippen LogP) is 4.06. The van der Waals surface area contributed by atoms with Crippen LogP contribution < -0.4 is 25.8 Å². The molecule has 3 aromatic rings. The van der Waals surface area contributed by atoms with Crippen LogP contribution in [0.3, 0.4) is 0 Å². The van der Waals surface area contributed by atoms with Gasteiger partial charge >= 0.3 is 0 Å². The summed E-state index contributed by atoms with van der Waals surface area (Å²) in [5.74, 6) is 2.09. The van der Waals surface area contributed by atoms with Gasteiger partial charge in [-0.3, -0.25) is 9.79 Å². The maximum atomic E-state index is 12.2. The van der Waals surface area contributed by atoms with E-state index in [9.17, 15) is 4.79 Å². The number of allylic oxidation sites excluding steroid dienone is 1. The molecular weight excluding hydrogens is 496 g/mol. The van der Waals surface area contributed by atoms with Gasteiger partial charge in [0.05, 0.1) is 30.5 Å². The van der Waals surface area contributed by atoms with E-state index in [0.717, 1.165) is 22.9 Å². The molecule has 206 valence electrons. The van der Waals surface area contributed by atoms with Gasteiger partial charge in [0, 0.05) is 35.5 Å². The highest BCUT2D eigenvalue weighted by atomic mass is 16.5. The lowest BCUT2D eigenvalue weighted by atomic mass is 10.1. The smallest absolute Gasteiger partial charge is 0.258 e. The number of carbonyl (C=O) groups is 1. The third-order valence-electron chi connectivity index (χ3n) is 5.73. The lowest BCUT2D eigenvalue weighted by Gasteiger charge is -2.20. The molecule has 0 bridgehead atoms. The molecule has 1 aromatic heterocycles. The van der Waals surface area contributed by atoms with Crippen molar-refractivity contribution in [2.45, 2.75) is 45.7 Å². The summed E-state index contributed by atoms with van der Waals surface area (Å²) in [4.78, 5) is 26.4. The van der Waals surface area contributed by atoms with Crippen molar-refractivity contribution < 1.29 is 19.0 Å². The molecule has 10 nitrogen and oxygen atoms in total. The summed E-state index contributed by atoms with van der Waals surface area (Å²) in [7, 11) is 0. The fourth-order valence-electron chi connectivity index (χ4n) is 4.00. The summed E-state index contributed by atoms with van der Waals surface area (Å²) in [5.41, 5.74) is 7.64. The standard InChI is InChI=1S/C29H36N6O4/c1-5-38-23-9-10-25-24(14-23)28(32-21(15-30)16-31-20-11-12-37-17-20)34-27(33-25)19-7-6-8-22(13-19)39-18-26(36)35-29(2,3)4/h6-10,13-16,20H,5,11-12,17-18,30H2,1-4H3,(H,35,36)(H,32,33,34)/b21-15+,31-16?. The monoisotopic (exact) mass is 532 g/mol. The van der Waals surface area contributed by atoms with Gasteiger partial charge in [0.25, 0.3) is 5.91 Å². The number of hydrogen-bond donors (Lipinski definition) is 3. The lowest BCUT2D eigenvalue weighted by Crippen LogP contribution is -2.43. The minimum atomic E-state index is -0.334. The van der Waals surface area contributed by atoms with E-state index in [-0.39, 0.29) is 24.1 Å². The Hall–Kier alpha value is -4.18. The molecule has 0 radical (unpaired) electrons. The highest BCUT2D eigenvalue weighted by Crippen LogP contribution is 2.30. The number of fused-ring (bicyclic) bond motifs is 1. The number of nitrogens with one attached hydrogen (secondary N) is 2. The molecular formula is C29H36N6O4. The van der Waals surface area contributed by atoms with Gasteiger partial charge in [-0.05, 0) is 64.4 Å². The first-order valence-electron chi connectivity index (χ1n) is 13.0. The molecule has 0 saturated carbocycles. The molecule has 1 unspecified atom stereocenters. The fourth-order valence-corrected chi connectivity index (χ4v) is 4.00. The third kappa shape index (κ3) is 7.90. The highest BCUT2D eigenvalue weighted by molar-refractivity contribution is 5.95. The quantitative estimate of drug-likeness (QED) is 0.333. The molecule has 4 rings (SSSR count). The molecule has 1 aliphatic heterocycles. The van der Waals surface area contributed by atoms with Gasteiger partial charge < -0.3 is 30.6 Å². The molecule has 39 heavy (non-hydrogen) atoms. The first-order chi connectivity index (χ1) is 18.7. The lowest BCUT2D eigenvalue weighted by molar-refractivity contribution is -0.124. The molecule has 1 atom stereocenters. The number of benzene rings is 2. The zero-order valence-electron chi connectivity index (χ0n) is 22.9. The minimum Gasteiger partial charge on any atom is -0.494 e. The highest BCUT2D eigenvalue weighted by Gasteiger charge is 2.16. The van der Waals surface area contributed by atoms with Gasteiger partial charge in [-0.25, -0.2) is 9.97 Å². The average molecular weight is 533 g/mol. The second-order valence-corrected chi connectivity index (χ2v) is 10.2. The first kappa shape index (κ1) is 27.8. The number of hydrogen-bond acceptors (Lipinski definition) is 9. The Morgan fingerprint density at radius 1 is 1.18 bits per heavy atom. The number of rotatable bonds is 10. The van der Waals surface area contributed by atoms with Crippen LogP contribution >= 0.6 is 0 Å². The molecule has 1 fully saturated rings. The van der Waals surface area contributed by atoms with Crippen LogP contribution in [-0.4, -0.2) is 60.1 Å². The number of amides is 1. The number of anilines is 1. The third-order valence-corrected chi connectivity index (χ3v) is 5.73. The molecule has 0 aliphatic carbocycles. The molecule has 2 aromatic carbocycles. The molecule has 2 heterocycles. The maximum Gasteiger partial charge on any atom is 0.258 e. The number of ether oxygens (including phenoxy) is 3. The number of nitrogens with two attached hydrogens (primary N) is 1. The molecule has 4 N–H and O–H groups in total. The first-order valence-corrected chi connectivity index (χ1v) is 13.0. The van der Waals surface area contributed by atoms with E-state index in [1.807, 2.05) is 64.1 Å². The summed E-state index contributed by atoms with van der Waals surface area (Å²) in [6.07, 6.45) is 4.04. The van der Waals surface area contributed by atoms with Crippen molar-refractivity contribution in [2.24, 2.45) is 10.7 Å². The van der Waals surface area contributed by atoms with Gasteiger partial charge in [0.2, 0.25) is 0 Å². The topological polar surface area (TPSA) is 133 Å². The summed E-state index contributed by atoms with van der Waals surface area (Å²) in [6, 6.07) is 13.1. The number of carbonyl (C=O) groups excluding carboxylic acids is 1. The zero-order valence-corrected chi connectivity index (χ0v) is 22.9. The molecule has 1 saturated heterocycles. The van der Waals surface area contributed by atoms with Gasteiger partial charge in [0.15, 0.2) is 12.4 Å². The number of nitrogens with zero attached hydrogens (tertiary/aromatic N) is 3. The van der Waals surface area contributed by atoms with Crippen molar-refractivity contribution in [1.82, 2.24) is 15.3 Å². The molecule has 0 spiro atoms. The maximum absolute atomic E-state index is 12.2. The van der Waals surface area contributed by atoms with E-state index in [0.29, 0.717) is 48.7 Å². The van der Waals surface area contributed by atoms with Gasteiger partial charge in [-0.2, -0.15) is 0 Å². The van der Waals surface area contributed by atoms with Gasteiger partial charge in [0.1, 0.15) is 17.3 Å². The Morgan fingerprint density at radius 2 is 2.00 bits per heavy atom. The SMILES string of the molecule is CCOc1ccc2nc(-c3cccc(OCC(=O)NC(C)(C)C)c3)nc(N/C(C=NC3CCOC3)=C/N)c2c1. The number of aromatic nitrogens is 2. The van der Waals surface area contributed by atoms with Crippen LogP contribution in [-0.2, 0) is 9.53 Å². The second kappa shape index (κ2) is 12.6. The summed E-state index contributed by atoms with van der Waals surface area (Å²) in [6.45, 7) is 9.46. The van der Waals surface area contributed by atoms with Gasteiger partial charge in [-0.1, -0.05) is 12.1 Å². The summed E-state index contributed by atoms with van der Waals surface area (Å²) < 4.78 is 16.9. The van der Waals surface area contributed by atoms with Crippen LogP contribution in [0.15, 0.2) is 59.4 Å². The van der Waals surface area contributed by atoms with E-state index < -0.39 is 0 Å². The fraction of sp³-hybridized carbons (Fsp3) is 0.379. The van der Waals surface area contributed by atoms with Crippen molar-refractivity contribution in [3.8, 4) is 22.9 Å². The van der Waals surface area contributed by atoms with Gasteiger partial charge in [-0.15, -0.1) is 0 Å². The van der Waals surface area contributed by atoms with Crippen molar-refractivity contribution >= 4 is 28.8 Å². The van der Waals surface area contributed by atoms with Crippen molar-refractivity contribution in [3.05, 3.63) is 54.4 Å². The Balaban J connectivity index is 1.64. The van der Waals surface area contributed by atoms with E-state index >= 15 is 0 Å². The summed E-state index contributed by atoms with van der Waals surface area (Å²) >= 11 is 0. The van der Waals surface area contributed by atoms with E-state index in [2.05, 4.69) is 15.6 Å². The minimum absolute atomic E-state index is 0.0949. The average Bonchev–Trinajstić information content (AvgIpc) is 3.43. The van der Waals surface area contributed by atoms with Crippen LogP contribution in [0, 0.1) is 0 Å². The second-order valence-electron chi connectivity index (χ2n) is 10.2. The summed E-state index contributed by atoms with van der Waals surface area (Å²) in [5, 5.41) is 6.97. The Morgan fingerprint density at radius 3 is 2.72 bits per heavy atom. The zero-order chi connectivity index (χ0) is 27.8.